The van der Waals surface area contributed by atoms with Crippen molar-refractivity contribution in [3.05, 3.63) is 36.3 Å². The van der Waals surface area contributed by atoms with E-state index in [1.54, 1.807) is 23.7 Å². The molecular weight excluding hydrogens is 210 g/mol. The van der Waals surface area contributed by atoms with Crippen molar-refractivity contribution in [3.8, 4) is 22.2 Å². The Morgan fingerprint density at radius 2 is 2.47 bits per heavy atom. The lowest BCUT2D eigenvalue weighted by Gasteiger charge is -1.93. The van der Waals surface area contributed by atoms with Gasteiger partial charge in [0.15, 0.2) is 17.3 Å². The van der Waals surface area contributed by atoms with Crippen LogP contribution in [-0.2, 0) is 0 Å². The first-order valence-electron chi connectivity index (χ1n) is 4.35. The molecule has 0 atom stereocenters. The van der Waals surface area contributed by atoms with E-state index in [2.05, 4.69) is 21.3 Å². The molecule has 15 heavy (non-hydrogen) atoms. The van der Waals surface area contributed by atoms with Gasteiger partial charge in [0.05, 0.1) is 4.88 Å². The number of rotatable bonds is 2. The van der Waals surface area contributed by atoms with E-state index in [-0.39, 0.29) is 0 Å². The van der Waals surface area contributed by atoms with Crippen LogP contribution in [0.2, 0.25) is 0 Å². The summed E-state index contributed by atoms with van der Waals surface area (Å²) >= 11 is 1.60. The minimum Gasteiger partial charge on any atom is -0.431 e. The molecule has 3 aromatic heterocycles. The second kappa shape index (κ2) is 3.36. The van der Waals surface area contributed by atoms with E-state index in [0.717, 1.165) is 4.88 Å². The molecular formula is C10H6N3OS. The average molecular weight is 216 g/mol. The first-order valence-corrected chi connectivity index (χ1v) is 5.23. The number of aromatic amines is 1. The molecule has 3 aromatic rings. The fourth-order valence-electron chi connectivity index (χ4n) is 1.34. The molecule has 0 saturated heterocycles. The fraction of sp³-hybridized carbons (Fsp3) is 0. The van der Waals surface area contributed by atoms with E-state index in [1.165, 1.54) is 0 Å². The Labute approximate surface area is 89.6 Å². The standard InChI is InChI=1S/C10H6N3OS/c1-2-7(15-5-1)9-8(13-6-14-9)10-11-3-4-12-10/h1-5H,(H,11,12). The summed E-state index contributed by atoms with van der Waals surface area (Å²) in [6.45, 7) is 0. The van der Waals surface area contributed by atoms with Crippen molar-refractivity contribution >= 4 is 11.3 Å². The maximum atomic E-state index is 5.25. The summed E-state index contributed by atoms with van der Waals surface area (Å²) in [5, 5.41) is 1.99. The summed E-state index contributed by atoms with van der Waals surface area (Å²) in [5.41, 5.74) is 0.697. The van der Waals surface area contributed by atoms with Gasteiger partial charge in [0.1, 0.15) is 0 Å². The molecule has 4 nitrogen and oxygen atoms in total. The average Bonchev–Trinajstić information content (AvgIpc) is 3.01. The van der Waals surface area contributed by atoms with Gasteiger partial charge in [0.2, 0.25) is 0 Å². The molecule has 5 heteroatoms. The number of imidazole rings is 1. The van der Waals surface area contributed by atoms with E-state index in [0.29, 0.717) is 17.3 Å². The van der Waals surface area contributed by atoms with Crippen LogP contribution in [0.5, 0.6) is 0 Å². The maximum absolute atomic E-state index is 5.25. The molecule has 1 N–H and O–H groups in total. The number of hydrogen-bond donors (Lipinski definition) is 1. The zero-order valence-electron chi connectivity index (χ0n) is 7.60. The van der Waals surface area contributed by atoms with Gasteiger partial charge >= 0.3 is 0 Å². The first kappa shape index (κ1) is 8.43. The normalized spacial score (nSPS) is 10.7. The minimum absolute atomic E-state index is 0.697. The SMILES string of the molecule is [c]1nc(-c2ncc[nH]2)c(-c2cccs2)o1. The Morgan fingerprint density at radius 1 is 1.47 bits per heavy atom. The minimum atomic E-state index is 0.697. The van der Waals surface area contributed by atoms with Crippen molar-refractivity contribution < 1.29 is 4.42 Å². The van der Waals surface area contributed by atoms with E-state index < -0.39 is 0 Å². The summed E-state index contributed by atoms with van der Waals surface area (Å²) in [6, 6.07) is 3.94. The van der Waals surface area contributed by atoms with Crippen LogP contribution in [0.15, 0.2) is 34.3 Å². The second-order valence-electron chi connectivity index (χ2n) is 2.90. The third-order valence-electron chi connectivity index (χ3n) is 1.99. The van der Waals surface area contributed by atoms with Crippen molar-refractivity contribution in [3.63, 3.8) is 0 Å². The molecule has 0 aliphatic heterocycles. The largest absolute Gasteiger partial charge is 0.431 e. The number of nitrogens with one attached hydrogen (secondary N) is 1. The Hall–Kier alpha value is -1.88. The van der Waals surface area contributed by atoms with Crippen molar-refractivity contribution in [1.29, 1.82) is 0 Å². The molecule has 73 valence electrons. The zero-order valence-corrected chi connectivity index (χ0v) is 8.41. The molecule has 1 radical (unpaired) electrons. The molecule has 0 aliphatic carbocycles. The summed E-state index contributed by atoms with van der Waals surface area (Å²) in [4.78, 5) is 12.2. The van der Waals surface area contributed by atoms with Crippen molar-refractivity contribution in [1.82, 2.24) is 15.0 Å². The summed E-state index contributed by atoms with van der Waals surface area (Å²) in [6.07, 6.45) is 5.93. The van der Waals surface area contributed by atoms with Crippen LogP contribution in [0.4, 0.5) is 0 Å². The molecule has 3 heterocycles. The van der Waals surface area contributed by atoms with Crippen LogP contribution in [0.1, 0.15) is 0 Å². The van der Waals surface area contributed by atoms with E-state index in [4.69, 9.17) is 4.42 Å². The van der Waals surface area contributed by atoms with Gasteiger partial charge in [-0.25, -0.2) is 9.97 Å². The lowest BCUT2D eigenvalue weighted by atomic mass is 10.3. The zero-order chi connectivity index (χ0) is 10.1. The summed E-state index contributed by atoms with van der Waals surface area (Å²) < 4.78 is 5.25. The molecule has 0 amide bonds. The molecule has 0 fully saturated rings. The van der Waals surface area contributed by atoms with Crippen LogP contribution >= 0.6 is 11.3 Å². The van der Waals surface area contributed by atoms with Gasteiger partial charge in [-0.1, -0.05) is 6.07 Å². The molecule has 0 saturated carbocycles. The predicted octanol–water partition coefficient (Wildman–Crippen LogP) is 2.59. The summed E-state index contributed by atoms with van der Waals surface area (Å²) in [5.74, 6) is 1.41. The Balaban J connectivity index is 2.15. The number of aromatic nitrogens is 3. The van der Waals surface area contributed by atoms with Crippen LogP contribution in [0, 0.1) is 6.39 Å². The number of thiophene rings is 1. The monoisotopic (exact) mass is 216 g/mol. The highest BCUT2D eigenvalue weighted by Gasteiger charge is 2.15. The number of oxazole rings is 1. The highest BCUT2D eigenvalue weighted by Crippen LogP contribution is 2.31. The lowest BCUT2D eigenvalue weighted by Crippen LogP contribution is -1.82. The third kappa shape index (κ3) is 1.37. The third-order valence-corrected chi connectivity index (χ3v) is 2.86. The van der Waals surface area contributed by atoms with Crippen molar-refractivity contribution in [2.24, 2.45) is 0 Å². The number of hydrogen-bond acceptors (Lipinski definition) is 4. The number of H-pyrrole nitrogens is 1. The van der Waals surface area contributed by atoms with Crippen molar-refractivity contribution in [2.45, 2.75) is 0 Å². The van der Waals surface area contributed by atoms with E-state index in [9.17, 15) is 0 Å². The van der Waals surface area contributed by atoms with E-state index >= 15 is 0 Å². The molecule has 0 spiro atoms. The van der Waals surface area contributed by atoms with Gasteiger partial charge in [-0.15, -0.1) is 11.3 Å². The maximum Gasteiger partial charge on any atom is 0.284 e. The van der Waals surface area contributed by atoms with Gasteiger partial charge in [0, 0.05) is 12.4 Å². The molecule has 0 aliphatic rings. The van der Waals surface area contributed by atoms with Gasteiger partial charge in [-0.2, -0.15) is 0 Å². The lowest BCUT2D eigenvalue weighted by molar-refractivity contribution is 0.563. The topological polar surface area (TPSA) is 54.7 Å². The van der Waals surface area contributed by atoms with Gasteiger partial charge < -0.3 is 9.40 Å². The fourth-order valence-corrected chi connectivity index (χ4v) is 2.05. The predicted molar refractivity (Wildman–Crippen MR) is 56.2 cm³/mol. The molecule has 0 unspecified atom stereocenters. The van der Waals surface area contributed by atoms with Gasteiger partial charge in [-0.3, -0.25) is 0 Å². The van der Waals surface area contributed by atoms with E-state index in [1.807, 2.05) is 17.5 Å². The quantitative estimate of drug-likeness (QED) is 0.716. The van der Waals surface area contributed by atoms with Crippen molar-refractivity contribution in [2.75, 3.05) is 0 Å². The molecule has 0 aromatic carbocycles. The highest BCUT2D eigenvalue weighted by atomic mass is 32.1. The van der Waals surface area contributed by atoms with Gasteiger partial charge in [0.25, 0.3) is 6.39 Å². The summed E-state index contributed by atoms with van der Waals surface area (Å²) in [7, 11) is 0. The molecule has 3 rings (SSSR count). The Morgan fingerprint density at radius 3 is 3.20 bits per heavy atom. The van der Waals surface area contributed by atoms with Crippen LogP contribution in [-0.4, -0.2) is 15.0 Å². The second-order valence-corrected chi connectivity index (χ2v) is 3.85. The molecule has 0 bridgehead atoms. The number of nitrogens with zero attached hydrogens (tertiary/aromatic N) is 2. The van der Waals surface area contributed by atoms with Crippen LogP contribution in [0.3, 0.4) is 0 Å². The van der Waals surface area contributed by atoms with Gasteiger partial charge in [-0.05, 0) is 11.4 Å². The highest BCUT2D eigenvalue weighted by molar-refractivity contribution is 7.13. The smallest absolute Gasteiger partial charge is 0.284 e. The Bertz CT molecular complexity index is 490. The first-order chi connectivity index (χ1) is 7.45. The Kier molecular flexibility index (Phi) is 1.89. The van der Waals surface area contributed by atoms with Crippen LogP contribution in [0.25, 0.3) is 22.2 Å². The van der Waals surface area contributed by atoms with Crippen LogP contribution < -0.4 is 0 Å².